The number of ether oxygens (including phenoxy) is 2. The van der Waals surface area contributed by atoms with Crippen molar-refractivity contribution < 1.29 is 14.3 Å². The van der Waals surface area contributed by atoms with Gasteiger partial charge in [-0.25, -0.2) is 15.0 Å². The van der Waals surface area contributed by atoms with Crippen LogP contribution in [-0.2, 0) is 16.1 Å². The molecule has 0 fully saturated rings. The van der Waals surface area contributed by atoms with Crippen LogP contribution < -0.4 is 10.5 Å². The zero-order valence-corrected chi connectivity index (χ0v) is 14.6. The molecule has 0 bridgehead atoms. The number of para-hydroxylation sites is 1. The third kappa shape index (κ3) is 4.27. The molecule has 8 nitrogen and oxygen atoms in total. The van der Waals surface area contributed by atoms with Gasteiger partial charge in [0.1, 0.15) is 17.6 Å². The number of esters is 1. The highest BCUT2D eigenvalue weighted by Crippen LogP contribution is 2.16. The SMILES string of the molecule is Cc1ccccc1OCCC(=O)OCCCn1cnc2c(N)ncnc21. The lowest BCUT2D eigenvalue weighted by molar-refractivity contribution is -0.144. The van der Waals surface area contributed by atoms with Crippen LogP contribution >= 0.6 is 0 Å². The second kappa shape index (κ2) is 8.28. The average Bonchev–Trinajstić information content (AvgIpc) is 3.05. The fraction of sp³-hybridized carbons (Fsp3) is 0.333. The van der Waals surface area contributed by atoms with Crippen LogP contribution in [0.3, 0.4) is 0 Å². The molecule has 0 aliphatic heterocycles. The van der Waals surface area contributed by atoms with E-state index in [0.29, 0.717) is 43.2 Å². The summed E-state index contributed by atoms with van der Waals surface area (Å²) in [6, 6.07) is 7.69. The number of benzene rings is 1. The van der Waals surface area contributed by atoms with Gasteiger partial charge in [0.2, 0.25) is 0 Å². The van der Waals surface area contributed by atoms with Gasteiger partial charge in [-0.05, 0) is 25.0 Å². The van der Waals surface area contributed by atoms with Gasteiger partial charge < -0.3 is 19.8 Å². The van der Waals surface area contributed by atoms with Crippen LogP contribution in [0.25, 0.3) is 11.2 Å². The van der Waals surface area contributed by atoms with Gasteiger partial charge in [-0.3, -0.25) is 4.79 Å². The molecule has 3 rings (SSSR count). The van der Waals surface area contributed by atoms with E-state index in [-0.39, 0.29) is 12.4 Å². The smallest absolute Gasteiger partial charge is 0.309 e. The Morgan fingerprint density at radius 3 is 2.88 bits per heavy atom. The maximum atomic E-state index is 11.8. The third-order valence-electron chi connectivity index (χ3n) is 3.89. The Labute approximate surface area is 151 Å². The van der Waals surface area contributed by atoms with Crippen LogP contribution in [0, 0.1) is 6.92 Å². The second-order valence-corrected chi connectivity index (χ2v) is 5.81. The van der Waals surface area contributed by atoms with E-state index in [1.165, 1.54) is 6.33 Å². The summed E-state index contributed by atoms with van der Waals surface area (Å²) in [7, 11) is 0. The average molecular weight is 355 g/mol. The van der Waals surface area contributed by atoms with Crippen molar-refractivity contribution in [2.75, 3.05) is 18.9 Å². The van der Waals surface area contributed by atoms with Crippen LogP contribution in [0.15, 0.2) is 36.9 Å². The Morgan fingerprint density at radius 1 is 1.19 bits per heavy atom. The summed E-state index contributed by atoms with van der Waals surface area (Å²) in [6.07, 6.45) is 3.93. The minimum absolute atomic E-state index is 0.214. The largest absolute Gasteiger partial charge is 0.493 e. The van der Waals surface area contributed by atoms with Crippen molar-refractivity contribution in [3.05, 3.63) is 42.5 Å². The Hall–Kier alpha value is -3.16. The molecule has 0 saturated heterocycles. The van der Waals surface area contributed by atoms with Gasteiger partial charge in [-0.1, -0.05) is 18.2 Å². The summed E-state index contributed by atoms with van der Waals surface area (Å²) in [4.78, 5) is 24.1. The van der Waals surface area contributed by atoms with E-state index < -0.39 is 0 Å². The standard InChI is InChI=1S/C18H21N5O3/c1-13-5-2-3-6-14(13)25-10-7-15(24)26-9-4-8-23-12-22-16-17(19)20-11-21-18(16)23/h2-3,5-6,11-12H,4,7-10H2,1H3,(H2,19,20,21). The van der Waals surface area contributed by atoms with Crippen molar-refractivity contribution >= 4 is 23.0 Å². The predicted molar refractivity (Wildman–Crippen MR) is 96.6 cm³/mol. The number of aromatic nitrogens is 4. The maximum Gasteiger partial charge on any atom is 0.309 e. The summed E-state index contributed by atoms with van der Waals surface area (Å²) >= 11 is 0. The lowest BCUT2D eigenvalue weighted by Crippen LogP contribution is -2.12. The maximum absolute atomic E-state index is 11.8. The summed E-state index contributed by atoms with van der Waals surface area (Å²) in [5.74, 6) is 0.864. The highest BCUT2D eigenvalue weighted by atomic mass is 16.5. The van der Waals surface area contributed by atoms with E-state index in [1.807, 2.05) is 35.8 Å². The number of nitrogens with zero attached hydrogens (tertiary/aromatic N) is 4. The van der Waals surface area contributed by atoms with Gasteiger partial charge >= 0.3 is 5.97 Å². The van der Waals surface area contributed by atoms with E-state index >= 15 is 0 Å². The quantitative estimate of drug-likeness (QED) is 0.487. The highest BCUT2D eigenvalue weighted by Gasteiger charge is 2.08. The number of rotatable bonds is 8. The van der Waals surface area contributed by atoms with Gasteiger partial charge in [-0.2, -0.15) is 0 Å². The number of carbonyl (C=O) groups excluding carboxylic acids is 1. The molecular formula is C18H21N5O3. The van der Waals surface area contributed by atoms with Crippen molar-refractivity contribution in [2.24, 2.45) is 0 Å². The molecule has 0 aliphatic carbocycles. The van der Waals surface area contributed by atoms with Crippen LogP contribution in [0.5, 0.6) is 5.75 Å². The Morgan fingerprint density at radius 2 is 2.04 bits per heavy atom. The lowest BCUT2D eigenvalue weighted by atomic mass is 10.2. The normalized spacial score (nSPS) is 10.8. The van der Waals surface area contributed by atoms with Gasteiger partial charge in [0.05, 0.1) is 26.0 Å². The molecule has 1 aromatic carbocycles. The van der Waals surface area contributed by atoms with Gasteiger partial charge in [0.25, 0.3) is 0 Å². The molecule has 0 radical (unpaired) electrons. The molecule has 8 heteroatoms. The molecule has 0 aliphatic rings. The molecule has 0 unspecified atom stereocenters. The monoisotopic (exact) mass is 355 g/mol. The molecule has 3 aromatic rings. The molecule has 0 spiro atoms. The van der Waals surface area contributed by atoms with Crippen molar-refractivity contribution in [3.8, 4) is 5.75 Å². The molecule has 2 aromatic heterocycles. The molecule has 136 valence electrons. The topological polar surface area (TPSA) is 105 Å². The number of hydrogen-bond acceptors (Lipinski definition) is 7. The van der Waals surface area contributed by atoms with Crippen LogP contribution in [0.2, 0.25) is 0 Å². The van der Waals surface area contributed by atoms with Crippen LogP contribution in [-0.4, -0.2) is 38.7 Å². The molecule has 2 heterocycles. The molecule has 2 N–H and O–H groups in total. The number of fused-ring (bicyclic) bond motifs is 1. The summed E-state index contributed by atoms with van der Waals surface area (Å²) in [5, 5.41) is 0. The fourth-order valence-corrected chi connectivity index (χ4v) is 2.52. The first-order valence-electron chi connectivity index (χ1n) is 8.40. The molecule has 0 amide bonds. The highest BCUT2D eigenvalue weighted by molar-refractivity contribution is 5.81. The van der Waals surface area contributed by atoms with Crippen molar-refractivity contribution in [2.45, 2.75) is 26.3 Å². The second-order valence-electron chi connectivity index (χ2n) is 5.81. The third-order valence-corrected chi connectivity index (χ3v) is 3.89. The number of nitrogens with two attached hydrogens (primary N) is 1. The summed E-state index contributed by atoms with van der Waals surface area (Å²) in [6.45, 7) is 3.21. The Kier molecular flexibility index (Phi) is 5.62. The van der Waals surface area contributed by atoms with E-state index in [4.69, 9.17) is 15.2 Å². The summed E-state index contributed by atoms with van der Waals surface area (Å²) in [5.41, 5.74) is 8.05. The van der Waals surface area contributed by atoms with E-state index in [2.05, 4.69) is 15.0 Å². The fourth-order valence-electron chi connectivity index (χ4n) is 2.52. The van der Waals surface area contributed by atoms with Crippen molar-refractivity contribution in [1.29, 1.82) is 0 Å². The van der Waals surface area contributed by atoms with Crippen LogP contribution in [0.4, 0.5) is 5.82 Å². The number of anilines is 1. The Bertz CT molecular complexity index is 893. The van der Waals surface area contributed by atoms with Gasteiger partial charge in [-0.15, -0.1) is 0 Å². The van der Waals surface area contributed by atoms with Gasteiger partial charge in [0.15, 0.2) is 11.5 Å². The minimum atomic E-state index is -0.277. The van der Waals surface area contributed by atoms with E-state index in [0.717, 1.165) is 11.3 Å². The molecular weight excluding hydrogens is 334 g/mol. The number of imidazole rings is 1. The van der Waals surface area contributed by atoms with E-state index in [9.17, 15) is 4.79 Å². The first kappa shape index (κ1) is 17.7. The number of hydrogen-bond donors (Lipinski definition) is 1. The van der Waals surface area contributed by atoms with Crippen molar-refractivity contribution in [1.82, 2.24) is 19.5 Å². The zero-order chi connectivity index (χ0) is 18.4. The number of carbonyl (C=O) groups is 1. The number of nitrogen functional groups attached to an aromatic ring is 1. The Balaban J connectivity index is 1.37. The molecule has 0 saturated carbocycles. The first-order valence-corrected chi connectivity index (χ1v) is 8.40. The zero-order valence-electron chi connectivity index (χ0n) is 14.6. The summed E-state index contributed by atoms with van der Waals surface area (Å²) < 4.78 is 12.7. The van der Waals surface area contributed by atoms with Crippen molar-refractivity contribution in [3.63, 3.8) is 0 Å². The number of aryl methyl sites for hydroxylation is 2. The van der Waals surface area contributed by atoms with Gasteiger partial charge in [0, 0.05) is 6.54 Å². The molecule has 0 atom stereocenters. The first-order chi connectivity index (χ1) is 12.6. The molecule has 26 heavy (non-hydrogen) atoms. The van der Waals surface area contributed by atoms with E-state index in [1.54, 1.807) is 6.33 Å². The predicted octanol–water partition coefficient (Wildman–Crippen LogP) is 2.12. The van der Waals surface area contributed by atoms with Crippen LogP contribution in [0.1, 0.15) is 18.4 Å². The lowest BCUT2D eigenvalue weighted by Gasteiger charge is -2.09. The minimum Gasteiger partial charge on any atom is -0.493 e.